The summed E-state index contributed by atoms with van der Waals surface area (Å²) in [4.78, 5) is 23.8. The maximum atomic E-state index is 12.2. The van der Waals surface area contributed by atoms with Crippen LogP contribution in [0.15, 0.2) is 11.6 Å². The van der Waals surface area contributed by atoms with Crippen LogP contribution in [-0.2, 0) is 19.1 Å². The van der Waals surface area contributed by atoms with E-state index in [0.717, 1.165) is 24.8 Å². The number of esters is 2. The van der Waals surface area contributed by atoms with Gasteiger partial charge in [0.15, 0.2) is 0 Å². The van der Waals surface area contributed by atoms with E-state index >= 15 is 0 Å². The van der Waals surface area contributed by atoms with Crippen molar-refractivity contribution in [3.63, 3.8) is 0 Å². The van der Waals surface area contributed by atoms with Gasteiger partial charge in [-0.25, -0.2) is 4.79 Å². The minimum Gasteiger partial charge on any atom is -0.466 e. The maximum Gasteiger partial charge on any atom is 0.333 e. The predicted octanol–water partition coefficient (Wildman–Crippen LogP) is 3.11. The van der Waals surface area contributed by atoms with Crippen LogP contribution in [0.4, 0.5) is 0 Å². The average molecular weight is 306 g/mol. The fraction of sp³-hybridized carbons (Fsp3) is 0.778. The summed E-state index contributed by atoms with van der Waals surface area (Å²) < 4.78 is 10.8. The van der Waals surface area contributed by atoms with E-state index in [-0.39, 0.29) is 34.8 Å². The number of allylic oxidation sites excluding steroid dienone is 1. The molecule has 0 bridgehead atoms. The Kier molecular flexibility index (Phi) is 3.42. The van der Waals surface area contributed by atoms with Gasteiger partial charge in [-0.05, 0) is 42.4 Å². The van der Waals surface area contributed by atoms with Gasteiger partial charge in [0.2, 0.25) is 0 Å². The molecule has 0 aromatic carbocycles. The standard InChI is InChI=1S/C18H26O4/c1-10-8-15(22-12(3)19)18-11(2)13(16(20)21-5)9-17(18,4)7-6-14(10)18/h9-11,14-15H,6-8H2,1-5H3/t10-,11+,14+,15-,17+,18-/m0/s1. The van der Waals surface area contributed by atoms with Crippen LogP contribution in [0.1, 0.15) is 47.0 Å². The zero-order valence-corrected chi connectivity index (χ0v) is 14.1. The highest BCUT2D eigenvalue weighted by Gasteiger charge is 2.72. The number of carbonyl (C=O) groups is 2. The number of methoxy groups -OCH3 is 1. The Morgan fingerprint density at radius 3 is 2.59 bits per heavy atom. The number of carbonyl (C=O) groups excluding carboxylic acids is 2. The molecule has 4 heteroatoms. The lowest BCUT2D eigenvalue weighted by molar-refractivity contribution is -0.158. The summed E-state index contributed by atoms with van der Waals surface area (Å²) >= 11 is 0. The van der Waals surface area contributed by atoms with Crippen molar-refractivity contribution in [3.8, 4) is 0 Å². The molecule has 4 nitrogen and oxygen atoms in total. The fourth-order valence-corrected chi connectivity index (χ4v) is 6.11. The van der Waals surface area contributed by atoms with Crippen LogP contribution < -0.4 is 0 Å². The summed E-state index contributed by atoms with van der Waals surface area (Å²) in [6.07, 6.45) is 5.10. The Morgan fingerprint density at radius 1 is 1.32 bits per heavy atom. The SMILES string of the molecule is COC(=O)C1=C[C@@]2(C)CC[C@@H]3[C@@H](C)C[C@H](OC(C)=O)[C@]32[C@@H]1C. The van der Waals surface area contributed by atoms with Crippen molar-refractivity contribution in [1.82, 2.24) is 0 Å². The Bertz CT molecular complexity index is 551. The molecule has 2 fully saturated rings. The highest BCUT2D eigenvalue weighted by atomic mass is 16.5. The highest BCUT2D eigenvalue weighted by Crippen LogP contribution is 2.73. The van der Waals surface area contributed by atoms with E-state index < -0.39 is 0 Å². The molecule has 0 heterocycles. The molecule has 0 unspecified atom stereocenters. The second-order valence-electron chi connectivity index (χ2n) is 7.62. The highest BCUT2D eigenvalue weighted by molar-refractivity contribution is 5.90. The van der Waals surface area contributed by atoms with Crippen LogP contribution in [0, 0.1) is 28.6 Å². The second-order valence-corrected chi connectivity index (χ2v) is 7.62. The van der Waals surface area contributed by atoms with Crippen LogP contribution in [0.25, 0.3) is 0 Å². The summed E-state index contributed by atoms with van der Waals surface area (Å²) in [6.45, 7) is 8.08. The van der Waals surface area contributed by atoms with Gasteiger partial charge in [0.25, 0.3) is 0 Å². The monoisotopic (exact) mass is 306 g/mol. The normalized spacial score (nSPS) is 46.0. The Morgan fingerprint density at radius 2 is 2.00 bits per heavy atom. The predicted molar refractivity (Wildman–Crippen MR) is 81.9 cm³/mol. The van der Waals surface area contributed by atoms with E-state index in [0.29, 0.717) is 11.8 Å². The molecule has 122 valence electrons. The van der Waals surface area contributed by atoms with Crippen molar-refractivity contribution in [2.24, 2.45) is 28.6 Å². The molecule has 0 aromatic heterocycles. The zero-order chi connectivity index (χ0) is 16.3. The smallest absolute Gasteiger partial charge is 0.333 e. The average Bonchev–Trinajstić information content (AvgIpc) is 2.97. The first-order chi connectivity index (χ1) is 10.3. The minimum absolute atomic E-state index is 0.0618. The van der Waals surface area contributed by atoms with Gasteiger partial charge >= 0.3 is 11.9 Å². The molecule has 0 saturated heterocycles. The summed E-state index contributed by atoms with van der Waals surface area (Å²) in [6, 6.07) is 0. The second kappa shape index (κ2) is 4.84. The third-order valence-corrected chi connectivity index (χ3v) is 6.77. The molecule has 3 aliphatic rings. The van der Waals surface area contributed by atoms with Crippen LogP contribution in [0.5, 0.6) is 0 Å². The molecule has 0 amide bonds. The molecular weight excluding hydrogens is 280 g/mol. The van der Waals surface area contributed by atoms with Gasteiger partial charge in [-0.15, -0.1) is 0 Å². The lowest BCUT2D eigenvalue weighted by Gasteiger charge is -2.46. The molecule has 22 heavy (non-hydrogen) atoms. The molecular formula is C18H26O4. The van der Waals surface area contributed by atoms with Crippen molar-refractivity contribution >= 4 is 11.9 Å². The molecule has 0 radical (unpaired) electrons. The van der Waals surface area contributed by atoms with Crippen LogP contribution in [0.3, 0.4) is 0 Å². The van der Waals surface area contributed by atoms with Gasteiger partial charge in [0.05, 0.1) is 7.11 Å². The molecule has 0 aliphatic heterocycles. The summed E-state index contributed by atoms with van der Waals surface area (Å²) in [7, 11) is 1.43. The quantitative estimate of drug-likeness (QED) is 0.736. The van der Waals surface area contributed by atoms with Crippen molar-refractivity contribution < 1.29 is 19.1 Å². The van der Waals surface area contributed by atoms with Crippen molar-refractivity contribution in [2.45, 2.75) is 53.1 Å². The van der Waals surface area contributed by atoms with E-state index in [1.165, 1.54) is 14.0 Å². The first kappa shape index (κ1) is 15.6. The van der Waals surface area contributed by atoms with Crippen molar-refractivity contribution in [3.05, 3.63) is 11.6 Å². The first-order valence-corrected chi connectivity index (χ1v) is 8.26. The van der Waals surface area contributed by atoms with E-state index in [1.807, 2.05) is 0 Å². The van der Waals surface area contributed by atoms with Crippen molar-refractivity contribution in [2.75, 3.05) is 7.11 Å². The largest absolute Gasteiger partial charge is 0.466 e. The van der Waals surface area contributed by atoms with Gasteiger partial charge in [-0.3, -0.25) is 4.79 Å². The minimum atomic E-state index is -0.239. The molecule has 0 aromatic rings. The van der Waals surface area contributed by atoms with Gasteiger partial charge in [-0.1, -0.05) is 26.8 Å². The number of hydrogen-bond acceptors (Lipinski definition) is 4. The summed E-state index contributed by atoms with van der Waals surface area (Å²) in [5.41, 5.74) is 0.522. The number of hydrogen-bond donors (Lipinski definition) is 0. The fourth-order valence-electron chi connectivity index (χ4n) is 6.11. The topological polar surface area (TPSA) is 52.6 Å². The Balaban J connectivity index is 2.09. The third-order valence-electron chi connectivity index (χ3n) is 6.77. The molecule has 1 spiro atoms. The lowest BCUT2D eigenvalue weighted by atomic mass is 9.60. The van der Waals surface area contributed by atoms with E-state index in [4.69, 9.17) is 9.47 Å². The molecule has 2 saturated carbocycles. The van der Waals surface area contributed by atoms with E-state index in [2.05, 4.69) is 26.8 Å². The van der Waals surface area contributed by atoms with Gasteiger partial charge in [0.1, 0.15) is 6.10 Å². The summed E-state index contributed by atoms with van der Waals surface area (Å²) in [5, 5.41) is 0. The maximum absolute atomic E-state index is 12.2. The lowest BCUT2D eigenvalue weighted by Crippen LogP contribution is -2.47. The number of rotatable bonds is 2. The molecule has 3 rings (SSSR count). The molecule has 0 N–H and O–H groups in total. The Labute approximate surface area is 132 Å². The summed E-state index contributed by atoms with van der Waals surface area (Å²) in [5.74, 6) is 0.610. The Hall–Kier alpha value is -1.32. The van der Waals surface area contributed by atoms with Crippen LogP contribution in [-0.4, -0.2) is 25.2 Å². The third kappa shape index (κ3) is 1.70. The van der Waals surface area contributed by atoms with E-state index in [1.54, 1.807) is 0 Å². The van der Waals surface area contributed by atoms with Crippen LogP contribution in [0.2, 0.25) is 0 Å². The van der Waals surface area contributed by atoms with Gasteiger partial charge in [0, 0.05) is 17.9 Å². The van der Waals surface area contributed by atoms with Crippen LogP contribution >= 0.6 is 0 Å². The van der Waals surface area contributed by atoms with E-state index in [9.17, 15) is 9.59 Å². The molecule has 3 aliphatic carbocycles. The van der Waals surface area contributed by atoms with Gasteiger partial charge in [-0.2, -0.15) is 0 Å². The van der Waals surface area contributed by atoms with Crippen molar-refractivity contribution in [1.29, 1.82) is 0 Å². The number of ether oxygens (including phenoxy) is 2. The zero-order valence-electron chi connectivity index (χ0n) is 14.1. The first-order valence-electron chi connectivity index (χ1n) is 8.26. The van der Waals surface area contributed by atoms with Gasteiger partial charge < -0.3 is 9.47 Å². The molecule has 6 atom stereocenters.